The van der Waals surface area contributed by atoms with Crippen molar-refractivity contribution in [3.8, 4) is 11.5 Å². The van der Waals surface area contributed by atoms with Gasteiger partial charge in [0.05, 0.1) is 16.6 Å². The molecule has 0 radical (unpaired) electrons. The summed E-state index contributed by atoms with van der Waals surface area (Å²) in [5.41, 5.74) is 1.38. The molecule has 0 spiro atoms. The first-order valence-corrected chi connectivity index (χ1v) is 11.6. The number of hydrogen-bond acceptors (Lipinski definition) is 6. The van der Waals surface area contributed by atoms with Crippen molar-refractivity contribution >= 4 is 34.0 Å². The zero-order valence-corrected chi connectivity index (χ0v) is 18.5. The fourth-order valence-corrected chi connectivity index (χ4v) is 4.53. The maximum atomic E-state index is 13.5. The van der Waals surface area contributed by atoms with Crippen molar-refractivity contribution in [2.45, 2.75) is 50.7 Å². The summed E-state index contributed by atoms with van der Waals surface area (Å²) in [6.45, 7) is 1.61. The number of rotatable bonds is 7. The van der Waals surface area contributed by atoms with Gasteiger partial charge in [-0.1, -0.05) is 11.6 Å². The lowest BCUT2D eigenvalue weighted by Gasteiger charge is -2.20. The molecule has 5 rings (SSSR count). The number of hydrogen-bond donors (Lipinski definition) is 2. The fourth-order valence-electron chi connectivity index (χ4n) is 4.35. The summed E-state index contributed by atoms with van der Waals surface area (Å²) < 4.78 is 26.1. The Balaban J connectivity index is 1.47. The van der Waals surface area contributed by atoms with E-state index >= 15 is 0 Å². The molecule has 1 saturated heterocycles. The van der Waals surface area contributed by atoms with Gasteiger partial charge in [0.2, 0.25) is 0 Å². The van der Waals surface area contributed by atoms with Crippen molar-refractivity contribution in [1.29, 1.82) is 0 Å². The minimum Gasteiger partial charge on any atom is -0.488 e. The van der Waals surface area contributed by atoms with E-state index in [1.807, 2.05) is 12.1 Å². The topological polar surface area (TPSA) is 68.3 Å². The first kappa shape index (κ1) is 21.2. The van der Waals surface area contributed by atoms with Gasteiger partial charge in [0.25, 0.3) is 0 Å². The van der Waals surface area contributed by atoms with Crippen molar-refractivity contribution in [1.82, 2.24) is 15.3 Å². The van der Waals surface area contributed by atoms with E-state index in [1.54, 1.807) is 6.07 Å². The molecule has 168 valence electrons. The Hall–Kier alpha value is -2.64. The molecular weight excluding hydrogens is 431 g/mol. The summed E-state index contributed by atoms with van der Waals surface area (Å²) in [5.74, 6) is 1.54. The van der Waals surface area contributed by atoms with Gasteiger partial charge in [-0.15, -0.1) is 0 Å². The summed E-state index contributed by atoms with van der Waals surface area (Å²) >= 11 is 5.94. The van der Waals surface area contributed by atoms with Gasteiger partial charge in [-0.25, -0.2) is 14.4 Å². The highest BCUT2D eigenvalue weighted by Gasteiger charge is 2.21. The molecule has 6 nitrogen and oxygen atoms in total. The van der Waals surface area contributed by atoms with Crippen LogP contribution in [0.5, 0.6) is 11.5 Å². The molecule has 0 amide bonds. The molecule has 1 saturated carbocycles. The molecule has 0 unspecified atom stereocenters. The van der Waals surface area contributed by atoms with Crippen LogP contribution in [0.15, 0.2) is 36.7 Å². The van der Waals surface area contributed by atoms with Crippen LogP contribution in [-0.4, -0.2) is 35.3 Å². The minimum atomic E-state index is -0.463. The van der Waals surface area contributed by atoms with Gasteiger partial charge in [0, 0.05) is 23.2 Å². The number of ether oxygens (including phenoxy) is 2. The van der Waals surface area contributed by atoms with Crippen LogP contribution in [0.2, 0.25) is 5.02 Å². The van der Waals surface area contributed by atoms with Crippen LogP contribution in [0.1, 0.15) is 38.5 Å². The van der Waals surface area contributed by atoms with Crippen molar-refractivity contribution < 1.29 is 13.9 Å². The fraction of sp³-hybridized carbons (Fsp3) is 0.417. The van der Waals surface area contributed by atoms with Crippen molar-refractivity contribution in [3.05, 3.63) is 47.5 Å². The average molecular weight is 457 g/mol. The van der Waals surface area contributed by atoms with Crippen LogP contribution in [0.25, 0.3) is 10.9 Å². The molecule has 1 atom stereocenters. The molecule has 2 fully saturated rings. The predicted octanol–water partition coefficient (Wildman–Crippen LogP) is 5.62. The number of benzene rings is 2. The summed E-state index contributed by atoms with van der Waals surface area (Å²) in [6.07, 6.45) is 8.48. The van der Waals surface area contributed by atoms with Gasteiger partial charge in [-0.2, -0.15) is 0 Å². The second-order valence-corrected chi connectivity index (χ2v) is 8.83. The molecule has 2 heterocycles. The molecule has 2 aromatic carbocycles. The number of anilines is 2. The largest absolute Gasteiger partial charge is 0.488 e. The average Bonchev–Trinajstić information content (AvgIpc) is 3.49. The van der Waals surface area contributed by atoms with E-state index in [0.717, 1.165) is 42.5 Å². The van der Waals surface area contributed by atoms with Gasteiger partial charge >= 0.3 is 0 Å². The summed E-state index contributed by atoms with van der Waals surface area (Å²) in [6, 6.07) is 8.68. The highest BCUT2D eigenvalue weighted by Crippen LogP contribution is 2.37. The third-order valence-corrected chi connectivity index (χ3v) is 6.37. The molecule has 2 N–H and O–H groups in total. The zero-order chi connectivity index (χ0) is 21.9. The highest BCUT2D eigenvalue weighted by molar-refractivity contribution is 6.31. The third kappa shape index (κ3) is 4.74. The van der Waals surface area contributed by atoms with Crippen LogP contribution >= 0.6 is 11.6 Å². The minimum absolute atomic E-state index is 0.0497. The summed E-state index contributed by atoms with van der Waals surface area (Å²) in [7, 11) is 0. The van der Waals surface area contributed by atoms with E-state index in [-0.39, 0.29) is 11.1 Å². The first-order valence-electron chi connectivity index (χ1n) is 11.2. The Bertz CT molecular complexity index is 1100. The second-order valence-electron chi connectivity index (χ2n) is 8.42. The number of aromatic nitrogens is 2. The molecule has 1 aromatic heterocycles. The first-order chi connectivity index (χ1) is 15.7. The van der Waals surface area contributed by atoms with Gasteiger partial charge < -0.3 is 20.1 Å². The smallest absolute Gasteiger partial charge is 0.163 e. The third-order valence-electron chi connectivity index (χ3n) is 6.08. The summed E-state index contributed by atoms with van der Waals surface area (Å²) in [5, 5.41) is 7.53. The number of nitrogens with zero attached hydrogens (tertiary/aromatic N) is 2. The molecule has 0 bridgehead atoms. The number of nitrogens with one attached hydrogen (secondary N) is 2. The van der Waals surface area contributed by atoms with E-state index < -0.39 is 5.82 Å². The SMILES string of the molecule is Fc1ccc(Nc2ncnc3cc(OC4CCCC4)c(OC[C@@H]4CCCN4)cc23)cc1Cl. The molecule has 32 heavy (non-hydrogen) atoms. The van der Waals surface area contributed by atoms with Crippen LogP contribution in [0.3, 0.4) is 0 Å². The van der Waals surface area contributed by atoms with Gasteiger partial charge in [0.15, 0.2) is 11.5 Å². The van der Waals surface area contributed by atoms with Crippen molar-refractivity contribution in [2.24, 2.45) is 0 Å². The predicted molar refractivity (Wildman–Crippen MR) is 124 cm³/mol. The molecule has 3 aromatic rings. The van der Waals surface area contributed by atoms with Crippen molar-refractivity contribution in [3.63, 3.8) is 0 Å². The van der Waals surface area contributed by atoms with E-state index in [2.05, 4.69) is 20.6 Å². The Labute approximate surface area is 191 Å². The second kappa shape index (κ2) is 9.46. The van der Waals surface area contributed by atoms with Gasteiger partial charge in [-0.05, 0) is 69.3 Å². The molecule has 1 aliphatic carbocycles. The molecule has 1 aliphatic heterocycles. The van der Waals surface area contributed by atoms with E-state index in [9.17, 15) is 4.39 Å². The summed E-state index contributed by atoms with van der Waals surface area (Å²) in [4.78, 5) is 8.84. The van der Waals surface area contributed by atoms with Crippen molar-refractivity contribution in [2.75, 3.05) is 18.5 Å². The number of halogens is 2. The van der Waals surface area contributed by atoms with E-state index in [0.29, 0.717) is 29.9 Å². The van der Waals surface area contributed by atoms with Crippen LogP contribution < -0.4 is 20.1 Å². The van der Waals surface area contributed by atoms with Gasteiger partial charge in [-0.3, -0.25) is 0 Å². The highest BCUT2D eigenvalue weighted by atomic mass is 35.5. The molecule has 8 heteroatoms. The normalized spacial score (nSPS) is 18.9. The standard InChI is InChI=1S/C24H26ClFN4O2/c25-19-10-15(7-8-20(19)26)30-24-18-11-22(31-13-16-4-3-9-27-16)23(12-21(18)28-14-29-24)32-17-5-1-2-6-17/h7-8,10-12,14,16-17,27H,1-6,9,13H2,(H,28,29,30)/t16-/m0/s1. The monoisotopic (exact) mass is 456 g/mol. The molecular formula is C24H26ClFN4O2. The zero-order valence-electron chi connectivity index (χ0n) is 17.7. The van der Waals surface area contributed by atoms with Crippen LogP contribution in [0, 0.1) is 5.82 Å². The Morgan fingerprint density at radius 3 is 2.72 bits per heavy atom. The van der Waals surface area contributed by atoms with Gasteiger partial charge in [0.1, 0.15) is 24.6 Å². The lowest BCUT2D eigenvalue weighted by molar-refractivity contribution is 0.191. The molecule has 2 aliphatic rings. The lowest BCUT2D eigenvalue weighted by Crippen LogP contribution is -2.28. The Morgan fingerprint density at radius 1 is 1.06 bits per heavy atom. The van der Waals surface area contributed by atoms with E-state index in [4.69, 9.17) is 21.1 Å². The van der Waals surface area contributed by atoms with E-state index in [1.165, 1.54) is 37.7 Å². The quantitative estimate of drug-likeness (QED) is 0.481. The lowest BCUT2D eigenvalue weighted by atomic mass is 10.2. The number of fused-ring (bicyclic) bond motifs is 1. The Kier molecular flexibility index (Phi) is 6.28. The maximum Gasteiger partial charge on any atom is 0.163 e. The van der Waals surface area contributed by atoms with Crippen LogP contribution in [0.4, 0.5) is 15.9 Å². The Morgan fingerprint density at radius 2 is 1.94 bits per heavy atom. The van der Waals surface area contributed by atoms with Crippen LogP contribution in [-0.2, 0) is 0 Å². The maximum absolute atomic E-state index is 13.5.